The molecule has 1 fully saturated rings. The lowest BCUT2D eigenvalue weighted by atomic mass is 9.97. The van der Waals surface area contributed by atoms with Gasteiger partial charge in [0.05, 0.1) is 6.07 Å². The molecule has 1 atom stereocenters. The van der Waals surface area contributed by atoms with Gasteiger partial charge in [-0.25, -0.2) is 0 Å². The highest BCUT2D eigenvalue weighted by atomic mass is 15.2. The fourth-order valence-electron chi connectivity index (χ4n) is 2.50. The standard InChI is InChI=1S/C16H31N3/c1-4-6-12-19(15-8-9-15)13-7-10-16(3,14-17)18-11-5-2/h15,18H,4-13H2,1-3H3. The van der Waals surface area contributed by atoms with Gasteiger partial charge in [0.25, 0.3) is 0 Å². The largest absolute Gasteiger partial charge is 0.300 e. The summed E-state index contributed by atoms with van der Waals surface area (Å²) in [7, 11) is 0. The van der Waals surface area contributed by atoms with E-state index in [0.29, 0.717) is 0 Å². The summed E-state index contributed by atoms with van der Waals surface area (Å²) in [5.74, 6) is 0. The summed E-state index contributed by atoms with van der Waals surface area (Å²) in [4.78, 5) is 2.64. The van der Waals surface area contributed by atoms with Gasteiger partial charge in [0.15, 0.2) is 0 Å². The molecular formula is C16H31N3. The van der Waals surface area contributed by atoms with Crippen molar-refractivity contribution in [1.82, 2.24) is 10.2 Å². The van der Waals surface area contributed by atoms with Crippen molar-refractivity contribution in [1.29, 1.82) is 5.26 Å². The summed E-state index contributed by atoms with van der Waals surface area (Å²) in [5.41, 5.74) is -0.337. The van der Waals surface area contributed by atoms with Crippen molar-refractivity contribution in [3.63, 3.8) is 0 Å². The van der Waals surface area contributed by atoms with Gasteiger partial charge in [0.2, 0.25) is 0 Å². The highest BCUT2D eigenvalue weighted by molar-refractivity contribution is 5.03. The number of nitriles is 1. The van der Waals surface area contributed by atoms with E-state index in [1.54, 1.807) is 0 Å². The fraction of sp³-hybridized carbons (Fsp3) is 0.938. The normalized spacial score (nSPS) is 18.3. The Morgan fingerprint density at radius 3 is 2.42 bits per heavy atom. The van der Waals surface area contributed by atoms with Crippen molar-refractivity contribution in [2.75, 3.05) is 19.6 Å². The summed E-state index contributed by atoms with van der Waals surface area (Å²) in [6.07, 6.45) is 8.51. The van der Waals surface area contributed by atoms with E-state index in [1.807, 2.05) is 6.92 Å². The maximum absolute atomic E-state index is 9.31. The smallest absolute Gasteiger partial charge is 0.103 e. The molecule has 110 valence electrons. The summed E-state index contributed by atoms with van der Waals surface area (Å²) in [6.45, 7) is 9.78. The van der Waals surface area contributed by atoms with Gasteiger partial charge in [-0.2, -0.15) is 5.26 Å². The Labute approximate surface area is 119 Å². The minimum absolute atomic E-state index is 0.337. The predicted molar refractivity (Wildman–Crippen MR) is 81.0 cm³/mol. The summed E-state index contributed by atoms with van der Waals surface area (Å²) >= 11 is 0. The van der Waals surface area contributed by atoms with Crippen LogP contribution in [0.5, 0.6) is 0 Å². The summed E-state index contributed by atoms with van der Waals surface area (Å²) in [6, 6.07) is 3.30. The van der Waals surface area contributed by atoms with E-state index >= 15 is 0 Å². The molecule has 0 aliphatic heterocycles. The van der Waals surface area contributed by atoms with Crippen LogP contribution >= 0.6 is 0 Å². The van der Waals surface area contributed by atoms with Crippen molar-refractivity contribution >= 4 is 0 Å². The maximum atomic E-state index is 9.31. The Bertz CT molecular complexity index is 280. The van der Waals surface area contributed by atoms with E-state index in [0.717, 1.165) is 38.4 Å². The first-order valence-electron chi connectivity index (χ1n) is 8.05. The highest BCUT2D eigenvalue weighted by Gasteiger charge is 2.29. The molecule has 1 unspecified atom stereocenters. The lowest BCUT2D eigenvalue weighted by Gasteiger charge is -2.26. The summed E-state index contributed by atoms with van der Waals surface area (Å²) in [5, 5.41) is 12.7. The number of nitrogens with one attached hydrogen (secondary N) is 1. The average molecular weight is 265 g/mol. The third-order valence-corrected chi connectivity index (χ3v) is 4.00. The third kappa shape index (κ3) is 6.40. The molecule has 3 nitrogen and oxygen atoms in total. The monoisotopic (exact) mass is 265 g/mol. The molecule has 0 radical (unpaired) electrons. The molecule has 1 aliphatic rings. The number of hydrogen-bond acceptors (Lipinski definition) is 3. The van der Waals surface area contributed by atoms with E-state index < -0.39 is 0 Å². The van der Waals surface area contributed by atoms with E-state index in [9.17, 15) is 5.26 Å². The van der Waals surface area contributed by atoms with E-state index in [2.05, 4.69) is 30.1 Å². The average Bonchev–Trinajstić information content (AvgIpc) is 3.25. The number of unbranched alkanes of at least 4 members (excludes halogenated alkanes) is 1. The van der Waals surface area contributed by atoms with Crippen LogP contribution in [0.4, 0.5) is 0 Å². The maximum Gasteiger partial charge on any atom is 0.103 e. The molecule has 0 heterocycles. The molecular weight excluding hydrogens is 234 g/mol. The van der Waals surface area contributed by atoms with Crippen LogP contribution in [-0.2, 0) is 0 Å². The van der Waals surface area contributed by atoms with Gasteiger partial charge >= 0.3 is 0 Å². The first-order chi connectivity index (χ1) is 9.15. The van der Waals surface area contributed by atoms with Crippen LogP contribution in [0.25, 0.3) is 0 Å². The van der Waals surface area contributed by atoms with Crippen LogP contribution in [0.3, 0.4) is 0 Å². The predicted octanol–water partition coefficient (Wildman–Crippen LogP) is 3.31. The van der Waals surface area contributed by atoms with E-state index in [-0.39, 0.29) is 5.54 Å². The van der Waals surface area contributed by atoms with Crippen LogP contribution in [0, 0.1) is 11.3 Å². The van der Waals surface area contributed by atoms with Crippen molar-refractivity contribution < 1.29 is 0 Å². The quantitative estimate of drug-likeness (QED) is 0.623. The molecule has 19 heavy (non-hydrogen) atoms. The van der Waals surface area contributed by atoms with Gasteiger partial charge in [0.1, 0.15) is 5.54 Å². The lowest BCUT2D eigenvalue weighted by Crippen LogP contribution is -2.42. The van der Waals surface area contributed by atoms with Crippen molar-refractivity contribution in [3.05, 3.63) is 0 Å². The fourth-order valence-corrected chi connectivity index (χ4v) is 2.50. The second kappa shape index (κ2) is 8.55. The van der Waals surface area contributed by atoms with E-state index in [4.69, 9.17) is 0 Å². The Balaban J connectivity index is 2.27. The molecule has 0 spiro atoms. The van der Waals surface area contributed by atoms with E-state index in [1.165, 1.54) is 32.2 Å². The molecule has 1 N–H and O–H groups in total. The van der Waals surface area contributed by atoms with Crippen molar-refractivity contribution in [3.8, 4) is 6.07 Å². The van der Waals surface area contributed by atoms with Gasteiger partial charge in [-0.1, -0.05) is 20.3 Å². The number of hydrogen-bond donors (Lipinski definition) is 1. The first kappa shape index (κ1) is 16.5. The molecule has 0 aromatic heterocycles. The highest BCUT2D eigenvalue weighted by Crippen LogP contribution is 2.27. The molecule has 3 heteroatoms. The molecule has 0 bridgehead atoms. The second-order valence-corrected chi connectivity index (χ2v) is 6.09. The van der Waals surface area contributed by atoms with Crippen molar-refractivity contribution in [2.45, 2.75) is 77.3 Å². The van der Waals surface area contributed by atoms with Crippen LogP contribution in [0.2, 0.25) is 0 Å². The Hall–Kier alpha value is -0.590. The lowest BCUT2D eigenvalue weighted by molar-refractivity contribution is 0.244. The first-order valence-corrected chi connectivity index (χ1v) is 8.05. The molecule has 0 saturated heterocycles. The van der Waals surface area contributed by atoms with Gasteiger partial charge in [-0.05, 0) is 65.1 Å². The Morgan fingerprint density at radius 1 is 1.21 bits per heavy atom. The van der Waals surface area contributed by atoms with Gasteiger partial charge in [-0.15, -0.1) is 0 Å². The third-order valence-electron chi connectivity index (χ3n) is 4.00. The zero-order chi connectivity index (χ0) is 14.1. The molecule has 0 aromatic carbocycles. The molecule has 1 aliphatic carbocycles. The van der Waals surface area contributed by atoms with Crippen LogP contribution in [0.1, 0.15) is 65.7 Å². The molecule has 0 amide bonds. The Kier molecular flexibility index (Phi) is 7.41. The number of nitrogens with zero attached hydrogens (tertiary/aromatic N) is 2. The minimum atomic E-state index is -0.337. The SMILES string of the molecule is CCCCN(CCCC(C)(C#N)NCCC)C1CC1. The van der Waals surface area contributed by atoms with Gasteiger partial charge in [-0.3, -0.25) is 5.32 Å². The van der Waals surface area contributed by atoms with Crippen LogP contribution in [-0.4, -0.2) is 36.1 Å². The molecule has 0 aromatic rings. The number of rotatable bonds is 11. The molecule has 1 saturated carbocycles. The second-order valence-electron chi connectivity index (χ2n) is 6.09. The zero-order valence-corrected chi connectivity index (χ0v) is 13.0. The summed E-state index contributed by atoms with van der Waals surface area (Å²) < 4.78 is 0. The minimum Gasteiger partial charge on any atom is -0.300 e. The topological polar surface area (TPSA) is 39.1 Å². The van der Waals surface area contributed by atoms with Gasteiger partial charge < -0.3 is 4.90 Å². The van der Waals surface area contributed by atoms with Crippen LogP contribution in [0.15, 0.2) is 0 Å². The molecule has 1 rings (SSSR count). The van der Waals surface area contributed by atoms with Crippen molar-refractivity contribution in [2.24, 2.45) is 0 Å². The zero-order valence-electron chi connectivity index (χ0n) is 13.0. The Morgan fingerprint density at radius 2 is 1.89 bits per heavy atom. The van der Waals surface area contributed by atoms with Gasteiger partial charge in [0, 0.05) is 6.04 Å². The van der Waals surface area contributed by atoms with Crippen LogP contribution < -0.4 is 5.32 Å².